The predicted octanol–water partition coefficient (Wildman–Crippen LogP) is 2.47. The van der Waals surface area contributed by atoms with Gasteiger partial charge in [-0.25, -0.2) is 9.97 Å². The molecule has 0 unspecified atom stereocenters. The fraction of sp³-hybridized carbons (Fsp3) is 0.733. The van der Waals surface area contributed by atoms with Crippen LogP contribution in [0.4, 0.5) is 5.82 Å². The quantitative estimate of drug-likeness (QED) is 0.753. The van der Waals surface area contributed by atoms with Crippen molar-refractivity contribution < 1.29 is 4.74 Å². The first-order chi connectivity index (χ1) is 9.52. The molecular weight excluding hydrogens is 252 g/mol. The Morgan fingerprint density at radius 3 is 2.60 bits per heavy atom. The molecule has 2 N–H and O–H groups in total. The summed E-state index contributed by atoms with van der Waals surface area (Å²) < 4.78 is 5.58. The molecule has 1 rings (SSSR count). The molecule has 5 nitrogen and oxygen atoms in total. The van der Waals surface area contributed by atoms with Crippen LogP contribution in [0, 0.1) is 5.41 Å². The van der Waals surface area contributed by atoms with Crippen LogP contribution in [0.1, 0.15) is 40.5 Å². The van der Waals surface area contributed by atoms with Crippen LogP contribution >= 0.6 is 0 Å². The lowest BCUT2D eigenvalue weighted by Gasteiger charge is -2.32. The average molecular weight is 280 g/mol. The average Bonchev–Trinajstić information content (AvgIpc) is 2.45. The second kappa shape index (κ2) is 8.04. The largest absolute Gasteiger partial charge is 0.478 e. The van der Waals surface area contributed by atoms with Crippen LogP contribution in [0.2, 0.25) is 0 Å². The summed E-state index contributed by atoms with van der Waals surface area (Å²) in [5.41, 5.74) is 5.90. The zero-order chi connectivity index (χ0) is 15.0. The third-order valence-corrected chi connectivity index (χ3v) is 3.07. The van der Waals surface area contributed by atoms with Crippen molar-refractivity contribution in [3.8, 4) is 5.88 Å². The predicted molar refractivity (Wildman–Crippen MR) is 83.2 cm³/mol. The number of rotatable bonds is 9. The Labute approximate surface area is 122 Å². The Morgan fingerprint density at radius 2 is 2.00 bits per heavy atom. The molecule has 1 aromatic rings. The Bertz CT molecular complexity index is 395. The van der Waals surface area contributed by atoms with Crippen molar-refractivity contribution in [2.24, 2.45) is 11.1 Å². The van der Waals surface area contributed by atoms with E-state index in [0.717, 1.165) is 31.7 Å². The van der Waals surface area contributed by atoms with Gasteiger partial charge >= 0.3 is 0 Å². The SMILES string of the molecule is CCCOc1cc(N(CCC)CC(C)(C)CN)ncn1. The van der Waals surface area contributed by atoms with Gasteiger partial charge in [0, 0.05) is 19.2 Å². The zero-order valence-corrected chi connectivity index (χ0v) is 13.2. The summed E-state index contributed by atoms with van der Waals surface area (Å²) in [5.74, 6) is 1.55. The van der Waals surface area contributed by atoms with Crippen molar-refractivity contribution in [1.29, 1.82) is 0 Å². The van der Waals surface area contributed by atoms with Gasteiger partial charge in [0.25, 0.3) is 0 Å². The molecule has 0 saturated heterocycles. The van der Waals surface area contributed by atoms with Gasteiger partial charge in [-0.15, -0.1) is 0 Å². The topological polar surface area (TPSA) is 64.3 Å². The standard InChI is InChI=1S/C15H28N4O/c1-5-7-19(11-15(3,4)10-16)13-9-14(18-12-17-13)20-8-6-2/h9,12H,5-8,10-11,16H2,1-4H3. The minimum absolute atomic E-state index is 0.0601. The molecule has 0 amide bonds. The van der Waals surface area contributed by atoms with E-state index in [1.807, 2.05) is 6.07 Å². The van der Waals surface area contributed by atoms with E-state index in [0.29, 0.717) is 19.0 Å². The fourth-order valence-electron chi connectivity index (χ4n) is 1.91. The summed E-state index contributed by atoms with van der Waals surface area (Å²) in [7, 11) is 0. The number of aromatic nitrogens is 2. The molecule has 1 aromatic heterocycles. The zero-order valence-electron chi connectivity index (χ0n) is 13.2. The van der Waals surface area contributed by atoms with Crippen molar-refractivity contribution in [2.45, 2.75) is 40.5 Å². The fourth-order valence-corrected chi connectivity index (χ4v) is 1.91. The van der Waals surface area contributed by atoms with Crippen LogP contribution in [-0.2, 0) is 0 Å². The Morgan fingerprint density at radius 1 is 1.25 bits per heavy atom. The third kappa shape index (κ3) is 5.33. The molecule has 0 bridgehead atoms. The number of nitrogens with zero attached hydrogens (tertiary/aromatic N) is 3. The summed E-state index contributed by atoms with van der Waals surface area (Å²) in [6, 6.07) is 1.91. The highest BCUT2D eigenvalue weighted by Crippen LogP contribution is 2.22. The van der Waals surface area contributed by atoms with E-state index in [-0.39, 0.29) is 5.41 Å². The first-order valence-corrected chi connectivity index (χ1v) is 7.42. The van der Waals surface area contributed by atoms with Crippen molar-refractivity contribution in [3.63, 3.8) is 0 Å². The molecule has 0 radical (unpaired) electrons. The molecule has 0 aliphatic carbocycles. The molecule has 20 heavy (non-hydrogen) atoms. The van der Waals surface area contributed by atoms with Gasteiger partial charge in [-0.3, -0.25) is 0 Å². The van der Waals surface area contributed by atoms with Crippen LogP contribution in [0.3, 0.4) is 0 Å². The van der Waals surface area contributed by atoms with E-state index in [1.54, 1.807) is 6.33 Å². The van der Waals surface area contributed by atoms with Crippen LogP contribution < -0.4 is 15.4 Å². The van der Waals surface area contributed by atoms with Gasteiger partial charge in [0.05, 0.1) is 6.61 Å². The number of ether oxygens (including phenoxy) is 1. The number of hydrogen-bond donors (Lipinski definition) is 1. The molecule has 0 aliphatic heterocycles. The summed E-state index contributed by atoms with van der Waals surface area (Å²) in [6.07, 6.45) is 3.60. The minimum atomic E-state index is 0.0601. The van der Waals surface area contributed by atoms with Gasteiger partial charge in [-0.2, -0.15) is 0 Å². The number of nitrogens with two attached hydrogens (primary N) is 1. The summed E-state index contributed by atoms with van der Waals surface area (Å²) in [5, 5.41) is 0. The second-order valence-corrected chi connectivity index (χ2v) is 5.85. The monoisotopic (exact) mass is 280 g/mol. The molecular formula is C15H28N4O. The third-order valence-electron chi connectivity index (χ3n) is 3.07. The Kier molecular flexibility index (Phi) is 6.71. The Hall–Kier alpha value is -1.36. The van der Waals surface area contributed by atoms with E-state index in [4.69, 9.17) is 10.5 Å². The van der Waals surface area contributed by atoms with Crippen molar-refractivity contribution in [2.75, 3.05) is 31.1 Å². The maximum atomic E-state index is 5.84. The maximum absolute atomic E-state index is 5.84. The second-order valence-electron chi connectivity index (χ2n) is 5.85. The van der Waals surface area contributed by atoms with Gasteiger partial charge in [-0.05, 0) is 24.8 Å². The Balaban J connectivity index is 2.85. The van der Waals surface area contributed by atoms with Crippen LogP contribution in [0.25, 0.3) is 0 Å². The summed E-state index contributed by atoms with van der Waals surface area (Å²) in [4.78, 5) is 10.8. The highest BCUT2D eigenvalue weighted by molar-refractivity contribution is 5.41. The highest BCUT2D eigenvalue weighted by atomic mass is 16.5. The first kappa shape index (κ1) is 16.7. The summed E-state index contributed by atoms with van der Waals surface area (Å²) in [6.45, 7) is 11.7. The van der Waals surface area contributed by atoms with E-state index in [2.05, 4.69) is 42.6 Å². The lowest BCUT2D eigenvalue weighted by Crippen LogP contribution is -2.39. The van der Waals surface area contributed by atoms with E-state index in [1.165, 1.54) is 0 Å². The van der Waals surface area contributed by atoms with Crippen molar-refractivity contribution >= 4 is 5.82 Å². The normalized spacial score (nSPS) is 11.4. The van der Waals surface area contributed by atoms with Gasteiger partial charge in [-0.1, -0.05) is 27.7 Å². The molecule has 114 valence electrons. The maximum Gasteiger partial charge on any atom is 0.218 e. The molecule has 5 heteroatoms. The van der Waals surface area contributed by atoms with Gasteiger partial charge < -0.3 is 15.4 Å². The number of hydrogen-bond acceptors (Lipinski definition) is 5. The van der Waals surface area contributed by atoms with E-state index < -0.39 is 0 Å². The lowest BCUT2D eigenvalue weighted by atomic mass is 9.93. The van der Waals surface area contributed by atoms with Gasteiger partial charge in [0.1, 0.15) is 12.1 Å². The molecule has 0 fully saturated rings. The number of anilines is 1. The summed E-state index contributed by atoms with van der Waals surface area (Å²) >= 11 is 0. The van der Waals surface area contributed by atoms with Crippen LogP contribution in [0.15, 0.2) is 12.4 Å². The molecule has 0 aromatic carbocycles. The molecule has 0 aliphatic rings. The molecule has 1 heterocycles. The minimum Gasteiger partial charge on any atom is -0.478 e. The van der Waals surface area contributed by atoms with Crippen LogP contribution in [0.5, 0.6) is 5.88 Å². The molecule has 0 saturated carbocycles. The van der Waals surface area contributed by atoms with Gasteiger partial charge in [0.15, 0.2) is 0 Å². The first-order valence-electron chi connectivity index (χ1n) is 7.42. The van der Waals surface area contributed by atoms with Crippen molar-refractivity contribution in [3.05, 3.63) is 12.4 Å². The van der Waals surface area contributed by atoms with E-state index >= 15 is 0 Å². The lowest BCUT2D eigenvalue weighted by molar-refractivity contribution is 0.304. The van der Waals surface area contributed by atoms with Crippen molar-refractivity contribution in [1.82, 2.24) is 9.97 Å². The van der Waals surface area contributed by atoms with Gasteiger partial charge in [0.2, 0.25) is 5.88 Å². The highest BCUT2D eigenvalue weighted by Gasteiger charge is 2.21. The smallest absolute Gasteiger partial charge is 0.218 e. The van der Waals surface area contributed by atoms with E-state index in [9.17, 15) is 0 Å². The van der Waals surface area contributed by atoms with Crippen LogP contribution in [-0.4, -0.2) is 36.2 Å². The molecule has 0 atom stereocenters. The molecule has 0 spiro atoms.